The number of carbonyl (C=O) groups excluding carboxylic acids is 2. The summed E-state index contributed by atoms with van der Waals surface area (Å²) in [5.74, 6) is -0.202. The van der Waals surface area contributed by atoms with Gasteiger partial charge in [-0.25, -0.2) is 4.79 Å². The SMILES string of the molecule is CC(=O)Nc1ccc(NC(=O)N(C)Cc2ccc(C)cc2)cc1Cl. The molecule has 2 rings (SSSR count). The Bertz CT molecular complexity index is 744. The lowest BCUT2D eigenvalue weighted by Gasteiger charge is -2.18. The molecular formula is C18H20ClN3O2. The van der Waals surface area contributed by atoms with E-state index in [-0.39, 0.29) is 11.9 Å². The van der Waals surface area contributed by atoms with Crippen LogP contribution in [-0.4, -0.2) is 23.9 Å². The number of aryl methyl sites for hydroxylation is 1. The monoisotopic (exact) mass is 345 g/mol. The highest BCUT2D eigenvalue weighted by Crippen LogP contribution is 2.25. The van der Waals surface area contributed by atoms with Crippen LogP contribution < -0.4 is 10.6 Å². The van der Waals surface area contributed by atoms with Gasteiger partial charge in [0.1, 0.15) is 0 Å². The number of nitrogens with one attached hydrogen (secondary N) is 2. The molecule has 6 heteroatoms. The Kier molecular flexibility index (Phi) is 5.82. The highest BCUT2D eigenvalue weighted by Gasteiger charge is 2.11. The van der Waals surface area contributed by atoms with E-state index in [1.54, 1.807) is 30.1 Å². The molecule has 0 atom stereocenters. The Morgan fingerprint density at radius 1 is 1.08 bits per heavy atom. The molecule has 0 fully saturated rings. The third kappa shape index (κ3) is 4.99. The van der Waals surface area contributed by atoms with Crippen LogP contribution in [0.1, 0.15) is 18.1 Å². The first-order chi connectivity index (χ1) is 11.3. The molecule has 2 aromatic rings. The molecule has 24 heavy (non-hydrogen) atoms. The third-order valence-electron chi connectivity index (χ3n) is 3.42. The number of benzene rings is 2. The molecule has 0 saturated heterocycles. The number of amides is 3. The van der Waals surface area contributed by atoms with Gasteiger partial charge in [0.25, 0.3) is 0 Å². The first kappa shape index (κ1) is 17.8. The van der Waals surface area contributed by atoms with Crippen molar-refractivity contribution in [2.24, 2.45) is 0 Å². The first-order valence-corrected chi connectivity index (χ1v) is 7.88. The summed E-state index contributed by atoms with van der Waals surface area (Å²) in [6.45, 7) is 3.93. The number of hydrogen-bond donors (Lipinski definition) is 2. The maximum Gasteiger partial charge on any atom is 0.321 e. The van der Waals surface area contributed by atoms with E-state index in [9.17, 15) is 9.59 Å². The molecule has 0 aliphatic carbocycles. The van der Waals surface area contributed by atoms with Crippen LogP contribution in [0.3, 0.4) is 0 Å². The summed E-state index contributed by atoms with van der Waals surface area (Å²) in [6.07, 6.45) is 0. The Labute approximate surface area is 146 Å². The molecule has 0 aliphatic rings. The minimum absolute atomic E-state index is 0.202. The van der Waals surface area contributed by atoms with E-state index in [4.69, 9.17) is 11.6 Å². The molecule has 126 valence electrons. The van der Waals surface area contributed by atoms with Crippen molar-refractivity contribution in [3.63, 3.8) is 0 Å². The Hall–Kier alpha value is -2.53. The number of carbonyl (C=O) groups is 2. The van der Waals surface area contributed by atoms with Crippen LogP contribution in [0.4, 0.5) is 16.2 Å². The predicted molar refractivity (Wildman–Crippen MR) is 97.4 cm³/mol. The van der Waals surface area contributed by atoms with Crippen molar-refractivity contribution < 1.29 is 9.59 Å². The molecule has 3 amide bonds. The molecule has 0 heterocycles. The topological polar surface area (TPSA) is 61.4 Å². The van der Waals surface area contributed by atoms with Crippen LogP contribution in [0, 0.1) is 6.92 Å². The van der Waals surface area contributed by atoms with E-state index in [0.29, 0.717) is 22.9 Å². The summed E-state index contributed by atoms with van der Waals surface area (Å²) in [7, 11) is 1.72. The smallest absolute Gasteiger partial charge is 0.321 e. The molecule has 0 saturated carbocycles. The summed E-state index contributed by atoms with van der Waals surface area (Å²) in [5.41, 5.74) is 3.31. The van der Waals surface area contributed by atoms with Gasteiger partial charge >= 0.3 is 6.03 Å². The maximum absolute atomic E-state index is 12.3. The predicted octanol–water partition coefficient (Wildman–Crippen LogP) is 4.27. The average molecular weight is 346 g/mol. The van der Waals surface area contributed by atoms with Crippen molar-refractivity contribution in [2.75, 3.05) is 17.7 Å². The number of urea groups is 1. The number of anilines is 2. The van der Waals surface area contributed by atoms with E-state index >= 15 is 0 Å². The van der Waals surface area contributed by atoms with Gasteiger partial charge in [0.15, 0.2) is 0 Å². The molecular weight excluding hydrogens is 326 g/mol. The van der Waals surface area contributed by atoms with Gasteiger partial charge in [-0.1, -0.05) is 41.4 Å². The second-order valence-corrected chi connectivity index (χ2v) is 6.05. The molecule has 0 aliphatic heterocycles. The van der Waals surface area contributed by atoms with Crippen molar-refractivity contribution in [2.45, 2.75) is 20.4 Å². The maximum atomic E-state index is 12.3. The van der Waals surface area contributed by atoms with Gasteiger partial charge in [-0.2, -0.15) is 0 Å². The van der Waals surface area contributed by atoms with Crippen LogP contribution >= 0.6 is 11.6 Å². The zero-order valence-electron chi connectivity index (χ0n) is 13.9. The summed E-state index contributed by atoms with van der Waals surface area (Å²) in [5, 5.41) is 5.77. The largest absolute Gasteiger partial charge is 0.325 e. The zero-order valence-corrected chi connectivity index (χ0v) is 14.6. The van der Waals surface area contributed by atoms with Crippen molar-refractivity contribution >= 4 is 34.9 Å². The number of halogens is 1. The van der Waals surface area contributed by atoms with E-state index in [1.807, 2.05) is 31.2 Å². The third-order valence-corrected chi connectivity index (χ3v) is 3.73. The standard InChI is InChI=1S/C18H20ClN3O2/c1-12-4-6-14(7-5-12)11-22(3)18(24)21-15-8-9-17(16(19)10-15)20-13(2)23/h4-10H,11H2,1-3H3,(H,20,23)(H,21,24). The van der Waals surface area contributed by atoms with Gasteiger partial charge in [0.05, 0.1) is 10.7 Å². The second kappa shape index (κ2) is 7.84. The Morgan fingerprint density at radius 3 is 2.33 bits per heavy atom. The van der Waals surface area contributed by atoms with Gasteiger partial charge in [-0.3, -0.25) is 4.79 Å². The molecule has 2 aromatic carbocycles. The van der Waals surface area contributed by atoms with Crippen molar-refractivity contribution in [3.05, 3.63) is 58.6 Å². The molecule has 0 bridgehead atoms. The molecule has 0 spiro atoms. The lowest BCUT2D eigenvalue weighted by molar-refractivity contribution is -0.114. The highest BCUT2D eigenvalue weighted by atomic mass is 35.5. The summed E-state index contributed by atoms with van der Waals surface area (Å²) < 4.78 is 0. The minimum atomic E-state index is -0.237. The summed E-state index contributed by atoms with van der Waals surface area (Å²) >= 11 is 6.10. The molecule has 2 N–H and O–H groups in total. The Balaban J connectivity index is 1.99. The van der Waals surface area contributed by atoms with Crippen LogP contribution in [0.2, 0.25) is 5.02 Å². The molecule has 0 radical (unpaired) electrons. The van der Waals surface area contributed by atoms with Gasteiger partial charge in [0.2, 0.25) is 5.91 Å². The Morgan fingerprint density at radius 2 is 1.75 bits per heavy atom. The lowest BCUT2D eigenvalue weighted by atomic mass is 10.1. The first-order valence-electron chi connectivity index (χ1n) is 7.50. The highest BCUT2D eigenvalue weighted by molar-refractivity contribution is 6.34. The van der Waals surface area contributed by atoms with Crippen LogP contribution in [0.25, 0.3) is 0 Å². The molecule has 5 nitrogen and oxygen atoms in total. The van der Waals surface area contributed by atoms with Crippen molar-refractivity contribution in [3.8, 4) is 0 Å². The van der Waals surface area contributed by atoms with Gasteiger partial charge < -0.3 is 15.5 Å². The van der Waals surface area contributed by atoms with Crippen molar-refractivity contribution in [1.29, 1.82) is 0 Å². The van der Waals surface area contributed by atoms with E-state index in [0.717, 1.165) is 5.56 Å². The zero-order chi connectivity index (χ0) is 17.7. The number of rotatable bonds is 4. The molecule has 0 unspecified atom stereocenters. The van der Waals surface area contributed by atoms with Crippen molar-refractivity contribution in [1.82, 2.24) is 4.90 Å². The fourth-order valence-electron chi connectivity index (χ4n) is 2.14. The minimum Gasteiger partial charge on any atom is -0.325 e. The van der Waals surface area contributed by atoms with E-state index in [1.165, 1.54) is 12.5 Å². The van der Waals surface area contributed by atoms with Gasteiger partial charge in [-0.05, 0) is 30.7 Å². The summed E-state index contributed by atoms with van der Waals surface area (Å²) in [4.78, 5) is 24.9. The average Bonchev–Trinajstić information content (AvgIpc) is 2.52. The quantitative estimate of drug-likeness (QED) is 0.869. The van der Waals surface area contributed by atoms with E-state index < -0.39 is 0 Å². The van der Waals surface area contributed by atoms with E-state index in [2.05, 4.69) is 10.6 Å². The van der Waals surface area contributed by atoms with Crippen LogP contribution in [0.5, 0.6) is 0 Å². The fourth-order valence-corrected chi connectivity index (χ4v) is 2.37. The normalized spacial score (nSPS) is 10.2. The lowest BCUT2D eigenvalue weighted by Crippen LogP contribution is -2.30. The summed E-state index contributed by atoms with van der Waals surface area (Å²) in [6, 6.07) is 12.7. The number of hydrogen-bond acceptors (Lipinski definition) is 2. The van der Waals surface area contributed by atoms with Crippen LogP contribution in [0.15, 0.2) is 42.5 Å². The van der Waals surface area contributed by atoms with Gasteiger partial charge in [-0.15, -0.1) is 0 Å². The number of nitrogens with zero attached hydrogens (tertiary/aromatic N) is 1. The molecule has 0 aromatic heterocycles. The van der Waals surface area contributed by atoms with Crippen LogP contribution in [-0.2, 0) is 11.3 Å². The second-order valence-electron chi connectivity index (χ2n) is 5.65. The van der Waals surface area contributed by atoms with Gasteiger partial charge in [0, 0.05) is 26.2 Å². The fraction of sp³-hybridized carbons (Fsp3) is 0.222.